The summed E-state index contributed by atoms with van der Waals surface area (Å²) in [5, 5.41) is 8.23. The Bertz CT molecular complexity index is 705. The topological polar surface area (TPSA) is 85.0 Å². The minimum atomic E-state index is -4.61. The Labute approximate surface area is 129 Å². The largest absolute Gasteiger partial charge is 0.444 e. The summed E-state index contributed by atoms with van der Waals surface area (Å²) in [4.78, 5) is 15.7. The van der Waals surface area contributed by atoms with Crippen LogP contribution in [0.25, 0.3) is 0 Å². The zero-order valence-corrected chi connectivity index (χ0v) is 12.8. The van der Waals surface area contributed by atoms with Gasteiger partial charge in [-0.05, 0) is 6.92 Å². The number of halogens is 3. The first kappa shape index (κ1) is 16.8. The van der Waals surface area contributed by atoms with Gasteiger partial charge in [-0.1, -0.05) is 6.92 Å². The van der Waals surface area contributed by atoms with E-state index in [1.807, 2.05) is 6.92 Å². The number of hydrogen-bond donors (Lipinski definition) is 2. The smallest absolute Gasteiger partial charge is 0.421 e. The lowest BCUT2D eigenvalue weighted by molar-refractivity contribution is -0.137. The molecule has 2 N–H and O–H groups in total. The number of carbonyl (C=O) groups is 1. The van der Waals surface area contributed by atoms with Crippen LogP contribution in [0.1, 0.15) is 29.8 Å². The standard InChI is InChI=1S/C13H16F3N5O2/c1-4-8-5-17-9(23-8)6-18-12(22)19-11-10(13(14,15)16)7(2)20-21(11)3/h5H,4,6H2,1-3H3,(H2,18,19,22). The number of urea groups is 1. The van der Waals surface area contributed by atoms with Gasteiger partial charge in [0, 0.05) is 13.5 Å². The molecule has 2 heterocycles. The Kier molecular flexibility index (Phi) is 4.62. The van der Waals surface area contributed by atoms with E-state index in [2.05, 4.69) is 20.7 Å². The zero-order chi connectivity index (χ0) is 17.2. The molecule has 2 aromatic heterocycles. The number of carbonyl (C=O) groups excluding carboxylic acids is 1. The van der Waals surface area contributed by atoms with Crippen molar-refractivity contribution in [1.29, 1.82) is 0 Å². The van der Waals surface area contributed by atoms with Gasteiger partial charge < -0.3 is 9.73 Å². The zero-order valence-electron chi connectivity index (χ0n) is 12.8. The van der Waals surface area contributed by atoms with Crippen LogP contribution >= 0.6 is 0 Å². The quantitative estimate of drug-likeness (QED) is 0.902. The lowest BCUT2D eigenvalue weighted by Gasteiger charge is -2.11. The third-order valence-corrected chi connectivity index (χ3v) is 3.09. The fraction of sp³-hybridized carbons (Fsp3) is 0.462. The van der Waals surface area contributed by atoms with Crippen molar-refractivity contribution >= 4 is 11.8 Å². The Balaban J connectivity index is 2.06. The molecule has 0 saturated carbocycles. The van der Waals surface area contributed by atoms with Crippen LogP contribution in [0, 0.1) is 6.92 Å². The molecule has 23 heavy (non-hydrogen) atoms. The van der Waals surface area contributed by atoms with Crippen molar-refractivity contribution in [3.63, 3.8) is 0 Å². The van der Waals surface area contributed by atoms with Crippen LogP contribution in [0.4, 0.5) is 23.8 Å². The summed E-state index contributed by atoms with van der Waals surface area (Å²) in [5.74, 6) is 0.507. The molecule has 0 saturated heterocycles. The van der Waals surface area contributed by atoms with Gasteiger partial charge >= 0.3 is 12.2 Å². The highest BCUT2D eigenvalue weighted by Crippen LogP contribution is 2.36. The summed E-state index contributed by atoms with van der Waals surface area (Å²) in [5.41, 5.74) is -1.19. The first-order valence-electron chi connectivity index (χ1n) is 6.81. The number of oxazole rings is 1. The molecule has 0 unspecified atom stereocenters. The fourth-order valence-corrected chi connectivity index (χ4v) is 2.04. The highest BCUT2D eigenvalue weighted by molar-refractivity contribution is 5.89. The molecule has 10 heteroatoms. The van der Waals surface area contributed by atoms with Crippen molar-refractivity contribution in [1.82, 2.24) is 20.1 Å². The van der Waals surface area contributed by atoms with Crippen molar-refractivity contribution in [2.45, 2.75) is 33.0 Å². The van der Waals surface area contributed by atoms with Gasteiger partial charge in [-0.25, -0.2) is 9.78 Å². The fourth-order valence-electron chi connectivity index (χ4n) is 2.04. The predicted octanol–water partition coefficient (Wildman–Crippen LogP) is 2.62. The number of rotatable bonds is 4. The molecule has 126 valence electrons. The van der Waals surface area contributed by atoms with Gasteiger partial charge in [0.2, 0.25) is 5.89 Å². The van der Waals surface area contributed by atoms with Crippen LogP contribution in [-0.4, -0.2) is 20.8 Å². The number of anilines is 1. The Morgan fingerprint density at radius 2 is 2.13 bits per heavy atom. The molecule has 0 aliphatic heterocycles. The van der Waals surface area contributed by atoms with Crippen molar-refractivity contribution in [2.75, 3.05) is 5.32 Å². The normalized spacial score (nSPS) is 11.6. The van der Waals surface area contributed by atoms with Crippen molar-refractivity contribution in [3.05, 3.63) is 29.1 Å². The molecule has 0 aliphatic rings. The van der Waals surface area contributed by atoms with E-state index in [-0.39, 0.29) is 18.1 Å². The molecule has 2 amide bonds. The van der Waals surface area contributed by atoms with E-state index in [1.54, 1.807) is 0 Å². The van der Waals surface area contributed by atoms with Crippen molar-refractivity contribution in [2.24, 2.45) is 7.05 Å². The number of alkyl halides is 3. The van der Waals surface area contributed by atoms with Gasteiger partial charge in [-0.2, -0.15) is 18.3 Å². The number of aromatic nitrogens is 3. The Morgan fingerprint density at radius 3 is 2.70 bits per heavy atom. The summed E-state index contributed by atoms with van der Waals surface area (Å²) in [7, 11) is 1.32. The van der Waals surface area contributed by atoms with E-state index in [4.69, 9.17) is 4.42 Å². The molecule has 7 nitrogen and oxygen atoms in total. The number of aryl methyl sites for hydroxylation is 3. The second-order valence-corrected chi connectivity index (χ2v) is 4.81. The van der Waals surface area contributed by atoms with E-state index in [0.717, 1.165) is 4.68 Å². The van der Waals surface area contributed by atoms with Crippen LogP contribution in [-0.2, 0) is 26.2 Å². The van der Waals surface area contributed by atoms with Gasteiger partial charge in [0.1, 0.15) is 17.1 Å². The molecule has 0 aromatic carbocycles. The molecule has 0 spiro atoms. The molecule has 2 aromatic rings. The Hall–Kier alpha value is -2.52. The number of nitrogens with zero attached hydrogens (tertiary/aromatic N) is 3. The average Bonchev–Trinajstić information content (AvgIpc) is 3.00. The molecule has 0 bridgehead atoms. The summed E-state index contributed by atoms with van der Waals surface area (Å²) in [6, 6.07) is -0.810. The molecule has 0 aliphatic carbocycles. The molecular formula is C13H16F3N5O2. The lowest BCUT2D eigenvalue weighted by Crippen LogP contribution is -2.30. The number of hydrogen-bond acceptors (Lipinski definition) is 4. The van der Waals surface area contributed by atoms with Gasteiger partial charge in [-0.15, -0.1) is 0 Å². The number of amides is 2. The van der Waals surface area contributed by atoms with E-state index in [0.29, 0.717) is 12.2 Å². The van der Waals surface area contributed by atoms with Crippen molar-refractivity contribution in [3.8, 4) is 0 Å². The van der Waals surface area contributed by atoms with Gasteiger partial charge in [0.15, 0.2) is 0 Å². The minimum absolute atomic E-state index is 0.0377. The second kappa shape index (κ2) is 6.31. The summed E-state index contributed by atoms with van der Waals surface area (Å²) in [6.07, 6.45) is -2.43. The van der Waals surface area contributed by atoms with Gasteiger partial charge in [0.25, 0.3) is 0 Å². The first-order valence-corrected chi connectivity index (χ1v) is 6.81. The maximum atomic E-state index is 13.0. The Morgan fingerprint density at radius 1 is 1.43 bits per heavy atom. The highest BCUT2D eigenvalue weighted by atomic mass is 19.4. The van der Waals surface area contributed by atoms with E-state index in [9.17, 15) is 18.0 Å². The second-order valence-electron chi connectivity index (χ2n) is 4.81. The lowest BCUT2D eigenvalue weighted by atomic mass is 10.2. The van der Waals surface area contributed by atoms with Gasteiger partial charge in [0.05, 0.1) is 18.4 Å². The van der Waals surface area contributed by atoms with Gasteiger partial charge in [-0.3, -0.25) is 10.00 Å². The maximum absolute atomic E-state index is 13.0. The summed E-state index contributed by atoms with van der Waals surface area (Å²) < 4.78 is 45.3. The molecular weight excluding hydrogens is 315 g/mol. The third kappa shape index (κ3) is 3.82. The third-order valence-electron chi connectivity index (χ3n) is 3.09. The predicted molar refractivity (Wildman–Crippen MR) is 74.7 cm³/mol. The van der Waals surface area contributed by atoms with Crippen LogP contribution in [0.15, 0.2) is 10.6 Å². The molecule has 0 radical (unpaired) electrons. The SMILES string of the molecule is CCc1cnc(CNC(=O)Nc2c(C(F)(F)F)c(C)nn2C)o1. The van der Waals surface area contributed by atoms with Crippen LogP contribution in [0.3, 0.4) is 0 Å². The van der Waals surface area contributed by atoms with Crippen LogP contribution < -0.4 is 10.6 Å². The monoisotopic (exact) mass is 331 g/mol. The van der Waals surface area contributed by atoms with Crippen molar-refractivity contribution < 1.29 is 22.4 Å². The summed E-state index contributed by atoms with van der Waals surface area (Å²) in [6.45, 7) is 3.07. The molecule has 0 atom stereocenters. The number of nitrogens with one attached hydrogen (secondary N) is 2. The summed E-state index contributed by atoms with van der Waals surface area (Å²) >= 11 is 0. The maximum Gasteiger partial charge on any atom is 0.421 e. The van der Waals surface area contributed by atoms with E-state index >= 15 is 0 Å². The van der Waals surface area contributed by atoms with E-state index in [1.165, 1.54) is 20.2 Å². The first-order chi connectivity index (χ1) is 10.7. The average molecular weight is 331 g/mol. The molecule has 2 rings (SSSR count). The minimum Gasteiger partial charge on any atom is -0.444 e. The van der Waals surface area contributed by atoms with Crippen LogP contribution in [0.5, 0.6) is 0 Å². The van der Waals surface area contributed by atoms with Crippen LogP contribution in [0.2, 0.25) is 0 Å². The highest BCUT2D eigenvalue weighted by Gasteiger charge is 2.39. The van der Waals surface area contributed by atoms with E-state index < -0.39 is 23.6 Å². The molecule has 0 fully saturated rings.